The molecule has 0 saturated carbocycles. The molecule has 0 saturated heterocycles. The van der Waals surface area contributed by atoms with Gasteiger partial charge in [-0.3, -0.25) is 4.79 Å². The topological polar surface area (TPSA) is 31.2 Å². The third kappa shape index (κ3) is 2.09. The first-order valence-electron chi connectivity index (χ1n) is 8.34. The molecule has 3 aromatic rings. The molecule has 0 amide bonds. The zero-order chi connectivity index (χ0) is 17.2. The molecule has 1 atom stereocenters. The number of Topliss-reactive ketones (excluding diaryl/α,β-unsaturated/α-hetero) is 1. The SMILES string of the molecule is O=C1c2c(n3c4c(cccc24)OCC3c2ccccc2)CCC1(Cl)Cl. The number of para-hydroxylation sites is 1. The molecule has 25 heavy (non-hydrogen) atoms. The minimum absolute atomic E-state index is 0.0355. The van der Waals surface area contributed by atoms with Gasteiger partial charge in [-0.25, -0.2) is 0 Å². The normalized spacial score (nSPS) is 21.0. The number of alkyl halides is 2. The van der Waals surface area contributed by atoms with Crippen molar-refractivity contribution in [1.29, 1.82) is 0 Å². The molecular formula is C20H15Cl2NO2. The molecule has 0 radical (unpaired) electrons. The van der Waals surface area contributed by atoms with Crippen LogP contribution in [-0.4, -0.2) is 21.3 Å². The van der Waals surface area contributed by atoms with Crippen molar-refractivity contribution in [2.75, 3.05) is 6.61 Å². The Bertz CT molecular complexity index is 1010. The van der Waals surface area contributed by atoms with Gasteiger partial charge in [-0.1, -0.05) is 65.7 Å². The smallest absolute Gasteiger partial charge is 0.201 e. The van der Waals surface area contributed by atoms with E-state index in [1.807, 2.05) is 36.4 Å². The lowest BCUT2D eigenvalue weighted by molar-refractivity contribution is 0.0961. The number of halogens is 2. The predicted molar refractivity (Wildman–Crippen MR) is 99.1 cm³/mol. The van der Waals surface area contributed by atoms with Crippen molar-refractivity contribution in [2.24, 2.45) is 0 Å². The molecule has 5 heteroatoms. The molecular weight excluding hydrogens is 357 g/mol. The molecule has 3 nitrogen and oxygen atoms in total. The Labute approximate surface area is 155 Å². The van der Waals surface area contributed by atoms with Crippen LogP contribution in [0.3, 0.4) is 0 Å². The van der Waals surface area contributed by atoms with Crippen LogP contribution in [0.2, 0.25) is 0 Å². The Morgan fingerprint density at radius 3 is 2.68 bits per heavy atom. The van der Waals surface area contributed by atoms with E-state index >= 15 is 0 Å². The zero-order valence-corrected chi connectivity index (χ0v) is 14.8. The number of carbonyl (C=O) groups excluding carboxylic acids is 1. The van der Waals surface area contributed by atoms with Crippen molar-refractivity contribution in [3.8, 4) is 5.75 Å². The molecule has 1 unspecified atom stereocenters. The quantitative estimate of drug-likeness (QED) is 0.568. The van der Waals surface area contributed by atoms with E-state index in [1.165, 1.54) is 0 Å². The van der Waals surface area contributed by atoms with Gasteiger partial charge in [0.15, 0.2) is 4.33 Å². The van der Waals surface area contributed by atoms with Crippen molar-refractivity contribution in [1.82, 2.24) is 4.57 Å². The number of hydrogen-bond donors (Lipinski definition) is 0. The fraction of sp³-hybridized carbons (Fsp3) is 0.250. The van der Waals surface area contributed by atoms with E-state index in [1.54, 1.807) is 0 Å². The highest BCUT2D eigenvalue weighted by molar-refractivity contribution is 6.60. The molecule has 2 aliphatic rings. The molecule has 1 aliphatic heterocycles. The molecule has 1 aliphatic carbocycles. The van der Waals surface area contributed by atoms with Crippen LogP contribution < -0.4 is 4.74 Å². The van der Waals surface area contributed by atoms with Crippen LogP contribution in [-0.2, 0) is 6.42 Å². The van der Waals surface area contributed by atoms with Crippen LogP contribution in [0.25, 0.3) is 10.9 Å². The number of hydrogen-bond acceptors (Lipinski definition) is 2. The number of fused-ring (bicyclic) bond motifs is 3. The molecule has 0 fully saturated rings. The Kier molecular flexibility index (Phi) is 3.22. The van der Waals surface area contributed by atoms with Crippen LogP contribution in [0, 0.1) is 0 Å². The van der Waals surface area contributed by atoms with Crippen LogP contribution >= 0.6 is 23.2 Å². The van der Waals surface area contributed by atoms with Crippen LogP contribution in [0.5, 0.6) is 5.75 Å². The first-order valence-corrected chi connectivity index (χ1v) is 9.09. The summed E-state index contributed by atoms with van der Waals surface area (Å²) in [7, 11) is 0. The van der Waals surface area contributed by atoms with E-state index in [0.717, 1.165) is 27.9 Å². The first kappa shape index (κ1) is 15.3. The summed E-state index contributed by atoms with van der Waals surface area (Å²) >= 11 is 12.6. The average Bonchev–Trinajstić information content (AvgIpc) is 2.96. The lowest BCUT2D eigenvalue weighted by Crippen LogP contribution is -2.33. The maximum absolute atomic E-state index is 12.9. The summed E-state index contributed by atoms with van der Waals surface area (Å²) < 4.78 is 6.95. The van der Waals surface area contributed by atoms with Crippen LogP contribution in [0.1, 0.15) is 34.1 Å². The summed E-state index contributed by atoms with van der Waals surface area (Å²) in [6.45, 7) is 0.540. The van der Waals surface area contributed by atoms with E-state index in [-0.39, 0.29) is 11.8 Å². The Balaban J connectivity index is 1.84. The van der Waals surface area contributed by atoms with Gasteiger partial charge in [0.2, 0.25) is 5.78 Å². The fourth-order valence-electron chi connectivity index (χ4n) is 4.08. The summed E-state index contributed by atoms with van der Waals surface area (Å²) in [6.07, 6.45) is 1.10. The summed E-state index contributed by atoms with van der Waals surface area (Å²) in [5, 5.41) is 0.878. The highest BCUT2D eigenvalue weighted by Gasteiger charge is 2.44. The average molecular weight is 372 g/mol. The van der Waals surface area contributed by atoms with Crippen molar-refractivity contribution < 1.29 is 9.53 Å². The first-order chi connectivity index (χ1) is 12.1. The number of benzene rings is 2. The molecule has 0 bridgehead atoms. The maximum Gasteiger partial charge on any atom is 0.201 e. The summed E-state index contributed by atoms with van der Waals surface area (Å²) in [5.41, 5.74) is 3.80. The fourth-order valence-corrected chi connectivity index (χ4v) is 4.46. The highest BCUT2D eigenvalue weighted by Crippen LogP contribution is 2.46. The number of rotatable bonds is 1. The van der Waals surface area contributed by atoms with E-state index in [4.69, 9.17) is 27.9 Å². The highest BCUT2D eigenvalue weighted by atomic mass is 35.5. The van der Waals surface area contributed by atoms with E-state index < -0.39 is 4.33 Å². The van der Waals surface area contributed by atoms with Gasteiger partial charge in [0.05, 0.1) is 11.6 Å². The summed E-state index contributed by atoms with van der Waals surface area (Å²) in [5.74, 6) is 0.605. The predicted octanol–water partition coefficient (Wildman–Crippen LogP) is 4.93. The minimum atomic E-state index is -1.35. The van der Waals surface area contributed by atoms with Gasteiger partial charge in [-0.15, -0.1) is 0 Å². The van der Waals surface area contributed by atoms with Gasteiger partial charge in [0, 0.05) is 16.6 Å². The number of aromatic nitrogens is 1. The van der Waals surface area contributed by atoms with Gasteiger partial charge >= 0.3 is 0 Å². The van der Waals surface area contributed by atoms with E-state index in [2.05, 4.69) is 16.7 Å². The van der Waals surface area contributed by atoms with Crippen LogP contribution in [0.15, 0.2) is 48.5 Å². The minimum Gasteiger partial charge on any atom is -0.489 e. The number of carbonyl (C=O) groups is 1. The van der Waals surface area contributed by atoms with E-state index in [0.29, 0.717) is 25.0 Å². The Hall–Kier alpha value is -1.97. The molecule has 0 N–H and O–H groups in total. The second-order valence-corrected chi connectivity index (χ2v) is 8.10. The third-order valence-corrected chi connectivity index (χ3v) is 5.94. The van der Waals surface area contributed by atoms with Gasteiger partial charge in [-0.2, -0.15) is 0 Å². The van der Waals surface area contributed by atoms with Crippen molar-refractivity contribution in [3.63, 3.8) is 0 Å². The lowest BCUT2D eigenvalue weighted by Gasteiger charge is -2.30. The maximum atomic E-state index is 12.9. The second-order valence-electron chi connectivity index (χ2n) is 6.62. The number of ether oxygens (including phenoxy) is 1. The lowest BCUT2D eigenvalue weighted by atomic mass is 9.93. The van der Waals surface area contributed by atoms with Crippen molar-refractivity contribution in [3.05, 3.63) is 65.4 Å². The molecule has 2 heterocycles. The Morgan fingerprint density at radius 1 is 1.08 bits per heavy atom. The largest absolute Gasteiger partial charge is 0.489 e. The monoisotopic (exact) mass is 371 g/mol. The summed E-state index contributed by atoms with van der Waals surface area (Å²) in [4.78, 5) is 12.9. The van der Waals surface area contributed by atoms with Gasteiger partial charge in [0.1, 0.15) is 12.4 Å². The molecule has 0 spiro atoms. The number of ketones is 1. The van der Waals surface area contributed by atoms with Gasteiger partial charge in [0.25, 0.3) is 0 Å². The van der Waals surface area contributed by atoms with Gasteiger partial charge in [-0.05, 0) is 24.5 Å². The van der Waals surface area contributed by atoms with Gasteiger partial charge < -0.3 is 9.30 Å². The third-order valence-electron chi connectivity index (χ3n) is 5.22. The van der Waals surface area contributed by atoms with Crippen molar-refractivity contribution >= 4 is 39.9 Å². The van der Waals surface area contributed by atoms with Crippen LogP contribution in [0.4, 0.5) is 0 Å². The second kappa shape index (κ2) is 5.26. The molecule has 1 aromatic heterocycles. The standard InChI is InChI=1S/C20H15Cl2NO2/c21-20(22)10-9-14-17(19(20)24)13-7-4-8-16-18(13)23(14)15(11-25-16)12-5-2-1-3-6-12/h1-8,15H,9-11H2. The summed E-state index contributed by atoms with van der Waals surface area (Å²) in [6, 6.07) is 16.1. The Morgan fingerprint density at radius 2 is 1.88 bits per heavy atom. The molecule has 5 rings (SSSR count). The molecule has 126 valence electrons. The number of nitrogens with zero attached hydrogens (tertiary/aromatic N) is 1. The zero-order valence-electron chi connectivity index (χ0n) is 13.3. The van der Waals surface area contributed by atoms with Crippen molar-refractivity contribution in [2.45, 2.75) is 23.2 Å². The van der Waals surface area contributed by atoms with E-state index in [9.17, 15) is 4.79 Å². The molecule has 2 aromatic carbocycles.